The van der Waals surface area contributed by atoms with E-state index in [4.69, 9.17) is 4.74 Å². The predicted molar refractivity (Wildman–Crippen MR) is 84.7 cm³/mol. The largest absolute Gasteiger partial charge is 0.491 e. The van der Waals surface area contributed by atoms with Gasteiger partial charge in [0, 0.05) is 12.6 Å². The van der Waals surface area contributed by atoms with Gasteiger partial charge in [-0.25, -0.2) is 4.79 Å². The standard InChI is InChI=1S/C17H26N2O2/c1-3-15-9-6-7-12-19(15)17(20)18-11-13-21-16-10-5-4-8-14(16)2/h4-5,8,10,15H,3,6-7,9,11-13H2,1-2H3,(H,18,20). The maximum absolute atomic E-state index is 12.2. The summed E-state index contributed by atoms with van der Waals surface area (Å²) in [5.41, 5.74) is 1.12. The zero-order valence-corrected chi connectivity index (χ0v) is 13.1. The topological polar surface area (TPSA) is 41.6 Å². The monoisotopic (exact) mass is 290 g/mol. The van der Waals surface area contributed by atoms with E-state index in [9.17, 15) is 4.79 Å². The molecular formula is C17H26N2O2. The van der Waals surface area contributed by atoms with Gasteiger partial charge in [-0.05, 0) is 44.2 Å². The summed E-state index contributed by atoms with van der Waals surface area (Å²) in [7, 11) is 0. The van der Waals surface area contributed by atoms with Crippen molar-refractivity contribution in [2.75, 3.05) is 19.7 Å². The van der Waals surface area contributed by atoms with E-state index < -0.39 is 0 Å². The predicted octanol–water partition coefficient (Wildman–Crippen LogP) is 3.35. The first-order valence-corrected chi connectivity index (χ1v) is 7.95. The van der Waals surface area contributed by atoms with Crippen LogP contribution in [0.4, 0.5) is 4.79 Å². The van der Waals surface area contributed by atoms with Gasteiger partial charge in [-0.15, -0.1) is 0 Å². The Balaban J connectivity index is 1.73. The Morgan fingerprint density at radius 3 is 2.95 bits per heavy atom. The molecule has 1 fully saturated rings. The highest BCUT2D eigenvalue weighted by Crippen LogP contribution is 2.19. The van der Waals surface area contributed by atoms with E-state index in [1.165, 1.54) is 6.42 Å². The molecule has 0 aromatic heterocycles. The SMILES string of the molecule is CCC1CCCCN1C(=O)NCCOc1ccccc1C. The van der Waals surface area contributed by atoms with Gasteiger partial charge in [0.05, 0.1) is 6.54 Å². The van der Waals surface area contributed by atoms with E-state index in [1.54, 1.807) is 0 Å². The summed E-state index contributed by atoms with van der Waals surface area (Å²) in [5.74, 6) is 0.885. The zero-order chi connectivity index (χ0) is 15.1. The van der Waals surface area contributed by atoms with E-state index in [0.717, 1.165) is 37.1 Å². The van der Waals surface area contributed by atoms with Gasteiger partial charge < -0.3 is 15.0 Å². The van der Waals surface area contributed by atoms with Crippen molar-refractivity contribution in [1.29, 1.82) is 0 Å². The quantitative estimate of drug-likeness (QED) is 0.845. The molecule has 1 aliphatic heterocycles. The van der Waals surface area contributed by atoms with E-state index in [2.05, 4.69) is 12.2 Å². The summed E-state index contributed by atoms with van der Waals surface area (Å²) in [4.78, 5) is 14.2. The molecule has 0 bridgehead atoms. The number of hydrogen-bond donors (Lipinski definition) is 1. The van der Waals surface area contributed by atoms with Crippen molar-refractivity contribution >= 4 is 6.03 Å². The van der Waals surface area contributed by atoms with E-state index in [1.807, 2.05) is 36.1 Å². The number of carbonyl (C=O) groups is 1. The number of nitrogens with zero attached hydrogens (tertiary/aromatic N) is 1. The third-order valence-corrected chi connectivity index (χ3v) is 4.09. The number of likely N-dealkylation sites (tertiary alicyclic amines) is 1. The highest BCUT2D eigenvalue weighted by molar-refractivity contribution is 5.74. The van der Waals surface area contributed by atoms with Crippen LogP contribution in [0.2, 0.25) is 0 Å². The van der Waals surface area contributed by atoms with Crippen molar-refractivity contribution in [2.24, 2.45) is 0 Å². The van der Waals surface area contributed by atoms with Crippen molar-refractivity contribution in [2.45, 2.75) is 45.6 Å². The van der Waals surface area contributed by atoms with Crippen LogP contribution in [-0.2, 0) is 0 Å². The summed E-state index contributed by atoms with van der Waals surface area (Å²) in [6, 6.07) is 8.37. The first-order valence-electron chi connectivity index (χ1n) is 7.95. The van der Waals surface area contributed by atoms with Gasteiger partial charge in [0.2, 0.25) is 0 Å². The molecule has 2 rings (SSSR count). The Kier molecular flexibility index (Phi) is 5.90. The third-order valence-electron chi connectivity index (χ3n) is 4.09. The van der Waals surface area contributed by atoms with Crippen molar-refractivity contribution in [3.63, 3.8) is 0 Å². The lowest BCUT2D eigenvalue weighted by Gasteiger charge is -2.35. The Morgan fingerprint density at radius 2 is 2.19 bits per heavy atom. The van der Waals surface area contributed by atoms with Crippen LogP contribution in [-0.4, -0.2) is 36.7 Å². The average Bonchev–Trinajstić information content (AvgIpc) is 2.52. The molecule has 1 aromatic carbocycles. The number of aryl methyl sites for hydroxylation is 1. The highest BCUT2D eigenvalue weighted by Gasteiger charge is 2.24. The van der Waals surface area contributed by atoms with Crippen LogP contribution in [0.5, 0.6) is 5.75 Å². The number of amides is 2. The van der Waals surface area contributed by atoms with Gasteiger partial charge in [0.15, 0.2) is 0 Å². The normalized spacial score (nSPS) is 18.4. The average molecular weight is 290 g/mol. The van der Waals surface area contributed by atoms with E-state index >= 15 is 0 Å². The van der Waals surface area contributed by atoms with Gasteiger partial charge in [0.25, 0.3) is 0 Å². The lowest BCUT2D eigenvalue weighted by Crippen LogP contribution is -2.49. The second kappa shape index (κ2) is 7.91. The van der Waals surface area contributed by atoms with Crippen molar-refractivity contribution in [1.82, 2.24) is 10.2 Å². The molecule has 0 aliphatic carbocycles. The van der Waals surface area contributed by atoms with Gasteiger partial charge in [-0.1, -0.05) is 25.1 Å². The number of rotatable bonds is 5. The Morgan fingerprint density at radius 1 is 1.38 bits per heavy atom. The van der Waals surface area contributed by atoms with Crippen LogP contribution in [0.3, 0.4) is 0 Å². The fourth-order valence-corrected chi connectivity index (χ4v) is 2.83. The van der Waals surface area contributed by atoms with Crippen molar-refractivity contribution < 1.29 is 9.53 Å². The molecule has 1 aromatic rings. The second-order valence-electron chi connectivity index (χ2n) is 5.60. The molecular weight excluding hydrogens is 264 g/mol. The first-order chi connectivity index (χ1) is 10.2. The van der Waals surface area contributed by atoms with Crippen molar-refractivity contribution in [3.8, 4) is 5.75 Å². The Hall–Kier alpha value is -1.71. The Labute approximate surface area is 127 Å². The van der Waals surface area contributed by atoms with Crippen LogP contribution in [0.1, 0.15) is 38.2 Å². The molecule has 2 amide bonds. The van der Waals surface area contributed by atoms with E-state index in [0.29, 0.717) is 19.2 Å². The number of piperidine rings is 1. The van der Waals surface area contributed by atoms with Crippen LogP contribution in [0.25, 0.3) is 0 Å². The molecule has 1 N–H and O–H groups in total. The molecule has 1 unspecified atom stereocenters. The lowest BCUT2D eigenvalue weighted by molar-refractivity contribution is 0.147. The fraction of sp³-hybridized carbons (Fsp3) is 0.588. The molecule has 4 heteroatoms. The number of hydrogen-bond acceptors (Lipinski definition) is 2. The molecule has 4 nitrogen and oxygen atoms in total. The smallest absolute Gasteiger partial charge is 0.317 e. The molecule has 1 aliphatic rings. The van der Waals surface area contributed by atoms with Crippen LogP contribution in [0.15, 0.2) is 24.3 Å². The number of urea groups is 1. The molecule has 116 valence electrons. The minimum atomic E-state index is 0.0509. The molecule has 0 saturated carbocycles. The minimum Gasteiger partial charge on any atom is -0.491 e. The molecule has 21 heavy (non-hydrogen) atoms. The number of nitrogens with one attached hydrogen (secondary N) is 1. The van der Waals surface area contributed by atoms with Crippen LogP contribution < -0.4 is 10.1 Å². The minimum absolute atomic E-state index is 0.0509. The van der Waals surface area contributed by atoms with E-state index in [-0.39, 0.29) is 6.03 Å². The number of benzene rings is 1. The molecule has 1 saturated heterocycles. The van der Waals surface area contributed by atoms with Crippen LogP contribution >= 0.6 is 0 Å². The third kappa shape index (κ3) is 4.38. The molecule has 1 heterocycles. The van der Waals surface area contributed by atoms with Gasteiger partial charge in [-0.3, -0.25) is 0 Å². The zero-order valence-electron chi connectivity index (χ0n) is 13.1. The summed E-state index contributed by atoms with van der Waals surface area (Å²) in [6.07, 6.45) is 4.51. The maximum atomic E-state index is 12.2. The summed E-state index contributed by atoms with van der Waals surface area (Å²) >= 11 is 0. The van der Waals surface area contributed by atoms with Gasteiger partial charge in [-0.2, -0.15) is 0 Å². The van der Waals surface area contributed by atoms with Gasteiger partial charge in [0.1, 0.15) is 12.4 Å². The van der Waals surface area contributed by atoms with Crippen molar-refractivity contribution in [3.05, 3.63) is 29.8 Å². The first kappa shape index (κ1) is 15.7. The highest BCUT2D eigenvalue weighted by atomic mass is 16.5. The molecule has 0 spiro atoms. The Bertz CT molecular complexity index is 462. The number of ether oxygens (including phenoxy) is 1. The second-order valence-corrected chi connectivity index (χ2v) is 5.60. The molecule has 0 radical (unpaired) electrons. The van der Waals surface area contributed by atoms with Gasteiger partial charge >= 0.3 is 6.03 Å². The van der Waals surface area contributed by atoms with Crippen LogP contribution in [0, 0.1) is 6.92 Å². The summed E-state index contributed by atoms with van der Waals surface area (Å²) < 4.78 is 5.69. The number of para-hydroxylation sites is 1. The number of carbonyl (C=O) groups excluding carboxylic acids is 1. The summed E-state index contributed by atoms with van der Waals surface area (Å²) in [5, 5.41) is 2.97. The lowest BCUT2D eigenvalue weighted by atomic mass is 10.0. The fourth-order valence-electron chi connectivity index (χ4n) is 2.83. The maximum Gasteiger partial charge on any atom is 0.317 e. The molecule has 1 atom stereocenters. The summed E-state index contributed by atoms with van der Waals surface area (Å²) in [6.45, 7) is 6.09.